The molecule has 1 aromatic carbocycles. The third-order valence-corrected chi connectivity index (χ3v) is 3.44. The van der Waals surface area contributed by atoms with Gasteiger partial charge in [0.15, 0.2) is 0 Å². The smallest absolute Gasteiger partial charge is 0.0948 e. The number of aryl methyl sites for hydroxylation is 1. The molecule has 0 amide bonds. The van der Waals surface area contributed by atoms with Crippen molar-refractivity contribution in [2.75, 3.05) is 0 Å². The maximum Gasteiger partial charge on any atom is 0.0948 e. The van der Waals surface area contributed by atoms with Crippen LogP contribution in [0.2, 0.25) is 5.02 Å². The number of aromatic nitrogens is 2. The van der Waals surface area contributed by atoms with Gasteiger partial charge in [0.25, 0.3) is 0 Å². The molecule has 2 rings (SSSR count). The van der Waals surface area contributed by atoms with Gasteiger partial charge in [-0.05, 0) is 38.0 Å². The van der Waals surface area contributed by atoms with E-state index in [1.807, 2.05) is 30.7 Å². The zero-order valence-corrected chi connectivity index (χ0v) is 12.2. The second kappa shape index (κ2) is 6.73. The van der Waals surface area contributed by atoms with Gasteiger partial charge in [-0.15, -0.1) is 0 Å². The van der Waals surface area contributed by atoms with E-state index in [2.05, 4.69) is 34.8 Å². The molecule has 0 aliphatic carbocycles. The van der Waals surface area contributed by atoms with Crippen LogP contribution in [0.5, 0.6) is 0 Å². The first-order chi connectivity index (χ1) is 9.19. The summed E-state index contributed by atoms with van der Waals surface area (Å²) in [7, 11) is 0. The highest BCUT2D eigenvalue weighted by molar-refractivity contribution is 6.30. The lowest BCUT2D eigenvalue weighted by atomic mass is 10.1. The normalized spacial score (nSPS) is 12.6. The van der Waals surface area contributed by atoms with Crippen LogP contribution in [-0.4, -0.2) is 15.6 Å². The molecule has 0 aliphatic rings. The SMILES string of the molecule is CCn1cncc1CNC(C)Cc1cccc(Cl)c1. The molecule has 0 radical (unpaired) electrons. The van der Waals surface area contributed by atoms with Gasteiger partial charge in [-0.1, -0.05) is 23.7 Å². The summed E-state index contributed by atoms with van der Waals surface area (Å²) in [6.45, 7) is 6.11. The van der Waals surface area contributed by atoms with Crippen molar-refractivity contribution < 1.29 is 0 Å². The van der Waals surface area contributed by atoms with Crippen LogP contribution in [0.15, 0.2) is 36.8 Å². The van der Waals surface area contributed by atoms with Gasteiger partial charge in [-0.3, -0.25) is 0 Å². The van der Waals surface area contributed by atoms with Gasteiger partial charge >= 0.3 is 0 Å². The molecule has 2 aromatic rings. The molecule has 102 valence electrons. The first-order valence-electron chi connectivity index (χ1n) is 6.66. The minimum absolute atomic E-state index is 0.402. The Morgan fingerprint density at radius 1 is 1.42 bits per heavy atom. The molecule has 0 aliphatic heterocycles. The summed E-state index contributed by atoms with van der Waals surface area (Å²) in [5.41, 5.74) is 2.48. The monoisotopic (exact) mass is 277 g/mol. The molecule has 0 saturated heterocycles. The fraction of sp³-hybridized carbons (Fsp3) is 0.400. The van der Waals surface area contributed by atoms with E-state index in [0.29, 0.717) is 6.04 Å². The Morgan fingerprint density at radius 3 is 3.00 bits per heavy atom. The van der Waals surface area contributed by atoms with E-state index in [4.69, 9.17) is 11.6 Å². The zero-order chi connectivity index (χ0) is 13.7. The van der Waals surface area contributed by atoms with Gasteiger partial charge in [0, 0.05) is 30.4 Å². The Kier molecular flexibility index (Phi) is 5.00. The summed E-state index contributed by atoms with van der Waals surface area (Å²) in [5, 5.41) is 4.32. The van der Waals surface area contributed by atoms with Crippen molar-refractivity contribution in [1.82, 2.24) is 14.9 Å². The van der Waals surface area contributed by atoms with Crippen molar-refractivity contribution in [2.24, 2.45) is 0 Å². The van der Waals surface area contributed by atoms with Gasteiger partial charge in [-0.2, -0.15) is 0 Å². The molecule has 1 atom stereocenters. The highest BCUT2D eigenvalue weighted by atomic mass is 35.5. The van der Waals surface area contributed by atoms with Crippen LogP contribution < -0.4 is 5.32 Å². The quantitative estimate of drug-likeness (QED) is 0.878. The topological polar surface area (TPSA) is 29.9 Å². The van der Waals surface area contributed by atoms with Crippen molar-refractivity contribution in [1.29, 1.82) is 0 Å². The summed E-state index contributed by atoms with van der Waals surface area (Å²) in [6.07, 6.45) is 4.77. The zero-order valence-electron chi connectivity index (χ0n) is 11.4. The van der Waals surface area contributed by atoms with Gasteiger partial charge < -0.3 is 9.88 Å². The summed E-state index contributed by atoms with van der Waals surface area (Å²) < 4.78 is 2.15. The van der Waals surface area contributed by atoms with Crippen LogP contribution in [0.4, 0.5) is 0 Å². The molecular formula is C15H20ClN3. The lowest BCUT2D eigenvalue weighted by Crippen LogP contribution is -2.28. The second-order valence-electron chi connectivity index (χ2n) is 4.79. The van der Waals surface area contributed by atoms with Crippen LogP contribution in [-0.2, 0) is 19.5 Å². The molecule has 1 aromatic heterocycles. The van der Waals surface area contributed by atoms with E-state index in [-0.39, 0.29) is 0 Å². The molecular weight excluding hydrogens is 258 g/mol. The number of hydrogen-bond acceptors (Lipinski definition) is 2. The summed E-state index contributed by atoms with van der Waals surface area (Å²) >= 11 is 5.99. The van der Waals surface area contributed by atoms with Crippen molar-refractivity contribution in [2.45, 2.75) is 39.4 Å². The standard InChI is InChI=1S/C15H20ClN3/c1-3-19-11-17-9-15(19)10-18-12(2)7-13-5-4-6-14(16)8-13/h4-6,8-9,11-12,18H,3,7,10H2,1-2H3. The number of rotatable bonds is 6. The number of imidazole rings is 1. The van der Waals surface area contributed by atoms with Crippen molar-refractivity contribution in [3.63, 3.8) is 0 Å². The fourth-order valence-corrected chi connectivity index (χ4v) is 2.36. The van der Waals surface area contributed by atoms with Gasteiger partial charge in [0.1, 0.15) is 0 Å². The Balaban J connectivity index is 1.86. The van der Waals surface area contributed by atoms with Gasteiger partial charge in [-0.25, -0.2) is 4.98 Å². The second-order valence-corrected chi connectivity index (χ2v) is 5.22. The molecule has 19 heavy (non-hydrogen) atoms. The molecule has 3 nitrogen and oxygen atoms in total. The lowest BCUT2D eigenvalue weighted by molar-refractivity contribution is 0.527. The predicted octanol–water partition coefficient (Wildman–Crippen LogP) is 3.28. The Hall–Kier alpha value is -1.32. The average Bonchev–Trinajstić information content (AvgIpc) is 2.83. The minimum atomic E-state index is 0.402. The first kappa shape index (κ1) is 14.1. The molecule has 0 fully saturated rings. The van der Waals surface area contributed by atoms with E-state index in [1.54, 1.807) is 0 Å². The minimum Gasteiger partial charge on any atom is -0.334 e. The number of benzene rings is 1. The van der Waals surface area contributed by atoms with E-state index in [1.165, 1.54) is 11.3 Å². The molecule has 1 unspecified atom stereocenters. The van der Waals surface area contributed by atoms with Crippen molar-refractivity contribution in [3.05, 3.63) is 53.1 Å². The van der Waals surface area contributed by atoms with Gasteiger partial charge in [0.2, 0.25) is 0 Å². The van der Waals surface area contributed by atoms with Crippen LogP contribution in [0.1, 0.15) is 25.1 Å². The maximum absolute atomic E-state index is 5.99. The number of halogens is 1. The van der Waals surface area contributed by atoms with E-state index >= 15 is 0 Å². The summed E-state index contributed by atoms with van der Waals surface area (Å²) in [4.78, 5) is 4.17. The Labute approximate surface area is 119 Å². The van der Waals surface area contributed by atoms with Gasteiger partial charge in [0.05, 0.1) is 12.0 Å². The summed E-state index contributed by atoms with van der Waals surface area (Å²) in [6, 6.07) is 8.44. The predicted molar refractivity (Wildman–Crippen MR) is 79.4 cm³/mol. The van der Waals surface area contributed by atoms with Crippen molar-refractivity contribution >= 4 is 11.6 Å². The van der Waals surface area contributed by atoms with E-state index in [0.717, 1.165) is 24.5 Å². The first-order valence-corrected chi connectivity index (χ1v) is 7.03. The molecule has 0 spiro atoms. The van der Waals surface area contributed by atoms with Crippen LogP contribution in [0.3, 0.4) is 0 Å². The molecule has 1 N–H and O–H groups in total. The largest absolute Gasteiger partial charge is 0.334 e. The molecule has 0 saturated carbocycles. The molecule has 0 bridgehead atoms. The van der Waals surface area contributed by atoms with Crippen molar-refractivity contribution in [3.8, 4) is 0 Å². The molecule has 4 heteroatoms. The number of hydrogen-bond donors (Lipinski definition) is 1. The van der Waals surface area contributed by atoms with Crippen LogP contribution >= 0.6 is 11.6 Å². The van der Waals surface area contributed by atoms with E-state index in [9.17, 15) is 0 Å². The molecule has 1 heterocycles. The third-order valence-electron chi connectivity index (χ3n) is 3.20. The highest BCUT2D eigenvalue weighted by Crippen LogP contribution is 2.12. The van der Waals surface area contributed by atoms with Crippen LogP contribution in [0.25, 0.3) is 0 Å². The fourth-order valence-electron chi connectivity index (χ4n) is 2.15. The number of nitrogens with one attached hydrogen (secondary N) is 1. The Bertz CT molecular complexity index is 522. The van der Waals surface area contributed by atoms with Crippen LogP contribution in [0, 0.1) is 0 Å². The third kappa shape index (κ3) is 4.08. The number of nitrogens with zero attached hydrogens (tertiary/aromatic N) is 2. The summed E-state index contributed by atoms with van der Waals surface area (Å²) in [5.74, 6) is 0. The van der Waals surface area contributed by atoms with E-state index < -0.39 is 0 Å². The highest BCUT2D eigenvalue weighted by Gasteiger charge is 2.06. The lowest BCUT2D eigenvalue weighted by Gasteiger charge is -2.14. The maximum atomic E-state index is 5.99. The average molecular weight is 278 g/mol. The Morgan fingerprint density at radius 2 is 2.26 bits per heavy atom.